The summed E-state index contributed by atoms with van der Waals surface area (Å²) in [5.74, 6) is 1.04. The Morgan fingerprint density at radius 1 is 0.941 bits per heavy atom. The highest BCUT2D eigenvalue weighted by atomic mass is 32.1. The molecule has 0 atom stereocenters. The van der Waals surface area contributed by atoms with E-state index in [1.807, 2.05) is 71.6 Å². The summed E-state index contributed by atoms with van der Waals surface area (Å²) < 4.78 is 12.7. The molecule has 2 aliphatic heterocycles. The van der Waals surface area contributed by atoms with Crippen molar-refractivity contribution in [1.82, 2.24) is 9.88 Å². The quantitative estimate of drug-likeness (QED) is 0.414. The Balaban J connectivity index is 1.40. The van der Waals surface area contributed by atoms with Crippen molar-refractivity contribution < 1.29 is 14.3 Å². The predicted molar refractivity (Wildman–Crippen MR) is 134 cm³/mol. The monoisotopic (exact) mass is 471 g/mol. The van der Waals surface area contributed by atoms with Crippen molar-refractivity contribution in [2.24, 2.45) is 0 Å². The van der Waals surface area contributed by atoms with Gasteiger partial charge in [0.05, 0.1) is 29.3 Å². The maximum atomic E-state index is 14.4. The van der Waals surface area contributed by atoms with Gasteiger partial charge in [-0.25, -0.2) is 4.98 Å². The van der Waals surface area contributed by atoms with E-state index in [-0.39, 0.29) is 5.91 Å². The number of aromatic nitrogens is 1. The number of morpholine rings is 1. The van der Waals surface area contributed by atoms with Gasteiger partial charge in [-0.15, -0.1) is 0 Å². The summed E-state index contributed by atoms with van der Waals surface area (Å²) in [5.41, 5.74) is 2.70. The van der Waals surface area contributed by atoms with Crippen LogP contribution in [0.15, 0.2) is 72.8 Å². The molecular weight excluding hydrogens is 446 g/mol. The molecule has 0 N–H and O–H groups in total. The van der Waals surface area contributed by atoms with Gasteiger partial charge in [0.15, 0.2) is 5.13 Å². The average Bonchev–Trinajstić information content (AvgIpc) is 3.32. The lowest BCUT2D eigenvalue weighted by Crippen LogP contribution is -2.44. The Morgan fingerprint density at radius 2 is 1.59 bits per heavy atom. The van der Waals surface area contributed by atoms with Gasteiger partial charge >= 0.3 is 0 Å². The van der Waals surface area contributed by atoms with E-state index in [9.17, 15) is 4.79 Å². The smallest absolute Gasteiger partial charge is 0.241 e. The number of amides is 1. The fraction of sp³-hybridized carbons (Fsp3) is 0.259. The second-order valence-corrected chi connectivity index (χ2v) is 9.53. The molecule has 0 spiro atoms. The second-order valence-electron chi connectivity index (χ2n) is 8.52. The molecule has 1 fully saturated rings. The minimum atomic E-state index is -0.446. The van der Waals surface area contributed by atoms with E-state index in [0.29, 0.717) is 6.54 Å². The summed E-state index contributed by atoms with van der Waals surface area (Å²) in [6.07, 6.45) is 0. The van der Waals surface area contributed by atoms with Crippen LogP contribution in [-0.2, 0) is 9.53 Å². The van der Waals surface area contributed by atoms with Gasteiger partial charge in [0.2, 0.25) is 5.91 Å². The molecule has 1 aromatic heterocycles. The van der Waals surface area contributed by atoms with Gasteiger partial charge in [-0.05, 0) is 24.3 Å². The molecule has 6 nitrogen and oxygen atoms in total. The normalized spacial score (nSPS) is 16.0. The summed E-state index contributed by atoms with van der Waals surface area (Å²) in [5, 5.41) is 0.737. The fourth-order valence-corrected chi connectivity index (χ4v) is 5.67. The largest absolute Gasteiger partial charge is 0.457 e. The van der Waals surface area contributed by atoms with Gasteiger partial charge in [0.25, 0.3) is 0 Å². The standard InChI is InChI=1S/C27H25N3O3S/c31-26(25-19-7-1-4-10-22(19)33-23-11-5-2-8-20(23)25)30(14-13-29-15-17-32-18-16-29)27-28-21-9-3-6-12-24(21)34-27/h1-12,25H,13-18H2. The van der Waals surface area contributed by atoms with Crippen molar-refractivity contribution >= 4 is 32.6 Å². The predicted octanol–water partition coefficient (Wildman–Crippen LogP) is 4.90. The van der Waals surface area contributed by atoms with Crippen molar-refractivity contribution in [3.8, 4) is 11.5 Å². The van der Waals surface area contributed by atoms with E-state index in [1.54, 1.807) is 11.3 Å². The van der Waals surface area contributed by atoms with E-state index >= 15 is 0 Å². The molecule has 3 heterocycles. The molecule has 0 radical (unpaired) electrons. The van der Waals surface area contributed by atoms with Crippen molar-refractivity contribution in [3.63, 3.8) is 0 Å². The maximum absolute atomic E-state index is 14.4. The van der Waals surface area contributed by atoms with Crippen molar-refractivity contribution in [2.75, 3.05) is 44.3 Å². The first-order valence-electron chi connectivity index (χ1n) is 11.6. The van der Waals surface area contributed by atoms with Crippen LogP contribution in [0.1, 0.15) is 17.0 Å². The van der Waals surface area contributed by atoms with Gasteiger partial charge in [-0.2, -0.15) is 0 Å². The molecule has 1 amide bonds. The number of hydrogen-bond donors (Lipinski definition) is 0. The van der Waals surface area contributed by atoms with Crippen LogP contribution in [0.25, 0.3) is 10.2 Å². The third-order valence-corrected chi connectivity index (χ3v) is 7.51. The molecule has 172 valence electrons. The minimum Gasteiger partial charge on any atom is -0.457 e. The van der Waals surface area contributed by atoms with E-state index in [0.717, 1.165) is 70.8 Å². The molecule has 0 saturated carbocycles. The highest BCUT2D eigenvalue weighted by Gasteiger charge is 2.36. The highest BCUT2D eigenvalue weighted by molar-refractivity contribution is 7.22. The highest BCUT2D eigenvalue weighted by Crippen LogP contribution is 2.45. The zero-order valence-corrected chi connectivity index (χ0v) is 19.5. The molecule has 0 aliphatic carbocycles. The van der Waals surface area contributed by atoms with Crippen LogP contribution in [0, 0.1) is 0 Å². The number of rotatable bonds is 5. The number of carbonyl (C=O) groups excluding carboxylic acids is 1. The van der Waals surface area contributed by atoms with Gasteiger partial charge < -0.3 is 9.47 Å². The molecule has 0 unspecified atom stereocenters. The van der Waals surface area contributed by atoms with E-state index in [2.05, 4.69) is 11.0 Å². The van der Waals surface area contributed by atoms with Crippen molar-refractivity contribution in [3.05, 3.63) is 83.9 Å². The second kappa shape index (κ2) is 9.18. The zero-order chi connectivity index (χ0) is 22.9. The van der Waals surface area contributed by atoms with Crippen LogP contribution in [-0.4, -0.2) is 55.2 Å². The summed E-state index contributed by atoms with van der Waals surface area (Å²) in [6, 6.07) is 23.7. The molecule has 2 aliphatic rings. The molecule has 1 saturated heterocycles. The van der Waals surface area contributed by atoms with Crippen LogP contribution in [0.2, 0.25) is 0 Å². The first-order valence-corrected chi connectivity index (χ1v) is 12.4. The number of carbonyl (C=O) groups is 1. The first kappa shape index (κ1) is 21.3. The van der Waals surface area contributed by atoms with E-state index < -0.39 is 5.92 Å². The van der Waals surface area contributed by atoms with Gasteiger partial charge in [0, 0.05) is 37.3 Å². The van der Waals surface area contributed by atoms with E-state index in [4.69, 9.17) is 14.5 Å². The summed E-state index contributed by atoms with van der Waals surface area (Å²) in [7, 11) is 0. The number of thiazole rings is 1. The number of anilines is 1. The molecule has 0 bridgehead atoms. The van der Waals surface area contributed by atoms with Crippen LogP contribution in [0.5, 0.6) is 11.5 Å². The number of hydrogen-bond acceptors (Lipinski definition) is 6. The van der Waals surface area contributed by atoms with Gasteiger partial charge in [-0.1, -0.05) is 59.9 Å². The van der Waals surface area contributed by atoms with Crippen molar-refractivity contribution in [1.29, 1.82) is 0 Å². The van der Waals surface area contributed by atoms with Crippen LogP contribution < -0.4 is 9.64 Å². The zero-order valence-electron chi connectivity index (χ0n) is 18.7. The van der Waals surface area contributed by atoms with Gasteiger partial charge in [0.1, 0.15) is 11.5 Å². The molecule has 6 rings (SSSR count). The Kier molecular flexibility index (Phi) is 5.74. The Bertz CT molecular complexity index is 1250. The number of benzene rings is 3. The lowest BCUT2D eigenvalue weighted by molar-refractivity contribution is -0.119. The third kappa shape index (κ3) is 3.96. The molecule has 34 heavy (non-hydrogen) atoms. The van der Waals surface area contributed by atoms with Crippen LogP contribution >= 0.6 is 11.3 Å². The molecule has 7 heteroatoms. The molecule has 4 aromatic rings. The van der Waals surface area contributed by atoms with Gasteiger partial charge in [-0.3, -0.25) is 14.6 Å². The minimum absolute atomic E-state index is 0.0236. The fourth-order valence-electron chi connectivity index (χ4n) is 4.67. The number of fused-ring (bicyclic) bond motifs is 3. The molecular formula is C27H25N3O3S. The lowest BCUT2D eigenvalue weighted by atomic mass is 9.87. The van der Waals surface area contributed by atoms with E-state index in [1.165, 1.54) is 0 Å². The topological polar surface area (TPSA) is 54.9 Å². The first-order chi connectivity index (χ1) is 16.8. The van der Waals surface area contributed by atoms with Crippen molar-refractivity contribution in [2.45, 2.75) is 5.92 Å². The molecule has 3 aromatic carbocycles. The number of para-hydroxylation sites is 3. The average molecular weight is 472 g/mol. The third-order valence-electron chi connectivity index (χ3n) is 6.45. The van der Waals surface area contributed by atoms with Crippen LogP contribution in [0.3, 0.4) is 0 Å². The Hall–Kier alpha value is -3.26. The maximum Gasteiger partial charge on any atom is 0.241 e. The SMILES string of the molecule is O=C(C1c2ccccc2Oc2ccccc21)N(CCN1CCOCC1)c1nc2ccccc2s1. The lowest BCUT2D eigenvalue weighted by Gasteiger charge is -2.33. The summed E-state index contributed by atoms with van der Waals surface area (Å²) in [4.78, 5) is 23.5. The Labute approximate surface area is 202 Å². The number of ether oxygens (including phenoxy) is 2. The van der Waals surface area contributed by atoms with Crippen LogP contribution in [0.4, 0.5) is 5.13 Å². The summed E-state index contributed by atoms with van der Waals surface area (Å²) in [6.45, 7) is 4.57. The summed E-state index contributed by atoms with van der Waals surface area (Å²) >= 11 is 1.57. The Morgan fingerprint density at radius 3 is 2.29 bits per heavy atom. The number of nitrogens with zero attached hydrogens (tertiary/aromatic N) is 3.